The van der Waals surface area contributed by atoms with Crippen LogP contribution in [0.4, 0.5) is 5.69 Å². The molecule has 0 saturated heterocycles. The fraction of sp³-hybridized carbons (Fsp3) is 0.130. The molecule has 0 saturated carbocycles. The molecule has 0 spiro atoms. The van der Waals surface area contributed by atoms with E-state index in [4.69, 9.17) is 39.2 Å². The van der Waals surface area contributed by atoms with Gasteiger partial charge in [-0.2, -0.15) is 0 Å². The van der Waals surface area contributed by atoms with Gasteiger partial charge >= 0.3 is 5.63 Å². The summed E-state index contributed by atoms with van der Waals surface area (Å²) in [5.41, 5.74) is 0.741. The molecule has 4 nitrogen and oxygen atoms in total. The highest BCUT2D eigenvalue weighted by Gasteiger charge is 2.18. The van der Waals surface area contributed by atoms with Gasteiger partial charge in [-0.05, 0) is 43.3 Å². The third-order valence-electron chi connectivity index (χ3n) is 4.31. The van der Waals surface area contributed by atoms with Gasteiger partial charge in [-0.3, -0.25) is 4.79 Å². The number of rotatable bonds is 7. The molecule has 30 heavy (non-hydrogen) atoms. The van der Waals surface area contributed by atoms with Crippen LogP contribution in [0.1, 0.15) is 28.1 Å². The first-order chi connectivity index (χ1) is 14.3. The van der Waals surface area contributed by atoms with Crippen molar-refractivity contribution < 1.29 is 9.21 Å². The van der Waals surface area contributed by atoms with Crippen LogP contribution in [0.15, 0.2) is 76.0 Å². The van der Waals surface area contributed by atoms with E-state index in [9.17, 15) is 9.59 Å². The monoisotopic (exact) mass is 461 g/mol. The Morgan fingerprint density at radius 2 is 1.77 bits per heavy atom. The van der Waals surface area contributed by atoms with Crippen molar-refractivity contribution in [3.8, 4) is 0 Å². The van der Waals surface area contributed by atoms with Gasteiger partial charge in [0.1, 0.15) is 5.76 Å². The second-order valence-corrected chi connectivity index (χ2v) is 7.88. The van der Waals surface area contributed by atoms with Crippen LogP contribution >= 0.6 is 34.8 Å². The van der Waals surface area contributed by atoms with Gasteiger partial charge in [0, 0.05) is 22.7 Å². The lowest BCUT2D eigenvalue weighted by molar-refractivity contribution is 0.0981. The average molecular weight is 463 g/mol. The molecule has 2 aromatic carbocycles. The lowest BCUT2D eigenvalue weighted by Crippen LogP contribution is -2.22. The molecular weight excluding hydrogens is 445 g/mol. The highest BCUT2D eigenvalue weighted by atomic mass is 35.5. The van der Waals surface area contributed by atoms with Crippen LogP contribution in [-0.2, 0) is 0 Å². The van der Waals surface area contributed by atoms with Crippen LogP contribution in [0, 0.1) is 6.92 Å². The van der Waals surface area contributed by atoms with Gasteiger partial charge in [-0.25, -0.2) is 4.79 Å². The van der Waals surface area contributed by atoms with E-state index in [2.05, 4.69) is 5.32 Å². The largest absolute Gasteiger partial charge is 0.428 e. The van der Waals surface area contributed by atoms with E-state index >= 15 is 0 Å². The number of anilines is 1. The van der Waals surface area contributed by atoms with Gasteiger partial charge < -0.3 is 9.73 Å². The summed E-state index contributed by atoms with van der Waals surface area (Å²) in [5, 5.41) is 4.12. The number of carbonyl (C=O) groups excluding carboxylic acids is 1. The van der Waals surface area contributed by atoms with Crippen LogP contribution in [0.3, 0.4) is 0 Å². The van der Waals surface area contributed by atoms with Crippen LogP contribution in [0.5, 0.6) is 0 Å². The number of nitrogens with one attached hydrogen (secondary N) is 1. The Bertz CT molecular complexity index is 1120. The smallest absolute Gasteiger partial charge is 0.346 e. The van der Waals surface area contributed by atoms with Crippen LogP contribution in [-0.4, -0.2) is 11.8 Å². The molecule has 7 heteroatoms. The van der Waals surface area contributed by atoms with Gasteiger partial charge in [0.25, 0.3) is 0 Å². The fourth-order valence-electron chi connectivity index (χ4n) is 2.90. The number of aryl methyl sites for hydroxylation is 1. The molecule has 1 unspecified atom stereocenters. The highest BCUT2D eigenvalue weighted by Crippen LogP contribution is 2.26. The highest BCUT2D eigenvalue weighted by molar-refractivity contribution is 6.50. The maximum absolute atomic E-state index is 12.8. The van der Waals surface area contributed by atoms with E-state index < -0.39 is 11.7 Å². The third kappa shape index (κ3) is 5.76. The molecular formula is C23H18Cl3NO3. The number of hydrogen-bond donors (Lipinski definition) is 1. The third-order valence-corrected chi connectivity index (χ3v) is 5.18. The summed E-state index contributed by atoms with van der Waals surface area (Å²) in [6.45, 7) is 1.62. The predicted molar refractivity (Wildman–Crippen MR) is 123 cm³/mol. The zero-order chi connectivity index (χ0) is 21.7. The summed E-state index contributed by atoms with van der Waals surface area (Å²) in [6, 6.07) is 17.0. The van der Waals surface area contributed by atoms with Gasteiger partial charge in [0.05, 0.1) is 21.7 Å². The molecule has 0 fully saturated rings. The van der Waals surface area contributed by atoms with E-state index in [1.54, 1.807) is 61.5 Å². The molecule has 0 aliphatic rings. The standard InChI is InChI=1S/C23H18Cl3NO3/c1-14-11-19(25)22(23(29)30-14)20(26)12-18(27-17-9-7-16(24)8-10-17)13-21(28)15-5-3-2-4-6-15/h2-12,18,27H,13H2,1H3/b20-12-. The summed E-state index contributed by atoms with van der Waals surface area (Å²) >= 11 is 18.6. The first-order valence-electron chi connectivity index (χ1n) is 9.12. The summed E-state index contributed by atoms with van der Waals surface area (Å²) in [7, 11) is 0. The fourth-order valence-corrected chi connectivity index (χ4v) is 3.74. The Morgan fingerprint density at radius 1 is 1.10 bits per heavy atom. The van der Waals surface area contributed by atoms with Gasteiger partial charge in [0.15, 0.2) is 5.78 Å². The molecule has 1 atom stereocenters. The number of benzene rings is 2. The molecule has 0 amide bonds. The second kappa shape index (κ2) is 9.98. The zero-order valence-corrected chi connectivity index (χ0v) is 18.3. The van der Waals surface area contributed by atoms with Gasteiger partial charge in [0.2, 0.25) is 0 Å². The lowest BCUT2D eigenvalue weighted by atomic mass is 10.0. The molecule has 0 aliphatic carbocycles. The molecule has 1 N–H and O–H groups in total. The maximum atomic E-state index is 12.8. The van der Waals surface area contributed by atoms with Gasteiger partial charge in [-0.1, -0.05) is 65.1 Å². The Kier molecular flexibility index (Phi) is 7.38. The van der Waals surface area contributed by atoms with E-state index in [0.717, 1.165) is 5.69 Å². The topological polar surface area (TPSA) is 59.3 Å². The minimum absolute atomic E-state index is 0.0546. The minimum atomic E-state index is -0.638. The molecule has 3 aromatic rings. The molecule has 154 valence electrons. The number of Topliss-reactive ketones (excluding diaryl/α,β-unsaturated/α-hetero) is 1. The van der Waals surface area contributed by atoms with Crippen LogP contribution in [0.25, 0.3) is 5.03 Å². The normalized spacial score (nSPS) is 12.5. The molecule has 3 rings (SSSR count). The van der Waals surface area contributed by atoms with Crippen molar-refractivity contribution in [2.75, 3.05) is 5.32 Å². The van der Waals surface area contributed by atoms with E-state index in [1.165, 1.54) is 6.07 Å². The van der Waals surface area contributed by atoms with Crippen molar-refractivity contribution in [2.45, 2.75) is 19.4 Å². The Balaban J connectivity index is 1.93. The van der Waals surface area contributed by atoms with E-state index in [0.29, 0.717) is 16.3 Å². The summed E-state index contributed by atoms with van der Waals surface area (Å²) in [5.74, 6) is 0.304. The maximum Gasteiger partial charge on any atom is 0.346 e. The van der Waals surface area contributed by atoms with Crippen LogP contribution < -0.4 is 10.9 Å². The number of hydrogen-bond acceptors (Lipinski definition) is 4. The molecule has 0 bridgehead atoms. The van der Waals surface area contributed by atoms with Crippen molar-refractivity contribution in [1.29, 1.82) is 0 Å². The van der Waals surface area contributed by atoms with Crippen LogP contribution in [0.2, 0.25) is 10.0 Å². The summed E-state index contributed by atoms with van der Waals surface area (Å²) in [6.07, 6.45) is 1.70. The summed E-state index contributed by atoms with van der Waals surface area (Å²) in [4.78, 5) is 25.0. The van der Waals surface area contributed by atoms with Gasteiger partial charge in [-0.15, -0.1) is 0 Å². The Labute approximate surface area is 189 Å². The first kappa shape index (κ1) is 22.2. The second-order valence-electron chi connectivity index (χ2n) is 6.63. The molecule has 0 aliphatic heterocycles. The van der Waals surface area contributed by atoms with Crippen molar-refractivity contribution in [2.24, 2.45) is 0 Å². The van der Waals surface area contributed by atoms with Crippen molar-refractivity contribution in [3.63, 3.8) is 0 Å². The Hall–Kier alpha value is -2.53. The molecule has 1 heterocycles. The number of halogens is 3. The SMILES string of the molecule is Cc1cc(Cl)c(/C(Cl)=C/C(CC(=O)c2ccccc2)Nc2ccc(Cl)cc2)c(=O)o1. The predicted octanol–water partition coefficient (Wildman–Crippen LogP) is 6.59. The Morgan fingerprint density at radius 3 is 2.40 bits per heavy atom. The number of carbonyl (C=O) groups is 1. The van der Waals surface area contributed by atoms with Crippen molar-refractivity contribution >= 4 is 51.3 Å². The van der Waals surface area contributed by atoms with Crippen molar-refractivity contribution in [3.05, 3.63) is 104 Å². The molecule has 1 aromatic heterocycles. The van der Waals surface area contributed by atoms with Crippen molar-refractivity contribution in [1.82, 2.24) is 0 Å². The first-order valence-corrected chi connectivity index (χ1v) is 10.2. The summed E-state index contributed by atoms with van der Waals surface area (Å²) < 4.78 is 5.11. The minimum Gasteiger partial charge on any atom is -0.428 e. The van der Waals surface area contributed by atoms with E-state index in [-0.39, 0.29) is 27.8 Å². The number of ketones is 1. The van der Waals surface area contributed by atoms with E-state index in [1.807, 2.05) is 6.07 Å². The zero-order valence-electron chi connectivity index (χ0n) is 16.0. The quantitative estimate of drug-likeness (QED) is 0.402. The molecule has 0 radical (unpaired) electrons. The average Bonchev–Trinajstić information content (AvgIpc) is 2.69. The lowest BCUT2D eigenvalue weighted by Gasteiger charge is -2.17.